The van der Waals surface area contributed by atoms with Gasteiger partial charge in [0.1, 0.15) is 0 Å². The number of carboxylic acids is 1. The van der Waals surface area contributed by atoms with E-state index in [2.05, 4.69) is 18.2 Å². The molecule has 17 heavy (non-hydrogen) atoms. The maximum atomic E-state index is 10.4. The van der Waals surface area contributed by atoms with Crippen LogP contribution in [0.5, 0.6) is 0 Å². The topological polar surface area (TPSA) is 37.3 Å². The predicted molar refractivity (Wildman–Crippen MR) is 68.5 cm³/mol. The summed E-state index contributed by atoms with van der Waals surface area (Å²) >= 11 is 6.30. The van der Waals surface area contributed by atoms with E-state index < -0.39 is 5.97 Å². The van der Waals surface area contributed by atoms with Gasteiger partial charge in [-0.25, -0.2) is 0 Å². The first-order valence-electron chi connectivity index (χ1n) is 6.14. The third-order valence-electron chi connectivity index (χ3n) is 3.33. The summed E-state index contributed by atoms with van der Waals surface area (Å²) in [7, 11) is 0. The van der Waals surface area contributed by atoms with Gasteiger partial charge in [-0.15, -0.1) is 11.6 Å². The molecule has 0 spiro atoms. The van der Waals surface area contributed by atoms with E-state index in [0.29, 0.717) is 6.42 Å². The molecular formula is C14H17ClO2. The number of halogens is 1. The summed E-state index contributed by atoms with van der Waals surface area (Å²) in [5.74, 6) is -0.747. The zero-order chi connectivity index (χ0) is 12.3. The third kappa shape index (κ3) is 3.22. The lowest BCUT2D eigenvalue weighted by molar-refractivity contribution is -0.137. The lowest BCUT2D eigenvalue weighted by Gasteiger charge is -2.11. The minimum Gasteiger partial charge on any atom is -0.481 e. The average Bonchev–Trinajstić information content (AvgIpc) is 2.75. The van der Waals surface area contributed by atoms with Crippen LogP contribution in [0.3, 0.4) is 0 Å². The Morgan fingerprint density at radius 1 is 1.35 bits per heavy atom. The van der Waals surface area contributed by atoms with Gasteiger partial charge in [0, 0.05) is 6.42 Å². The predicted octanol–water partition coefficient (Wildman–Crippen LogP) is 3.71. The van der Waals surface area contributed by atoms with Gasteiger partial charge >= 0.3 is 5.97 Å². The first-order valence-corrected chi connectivity index (χ1v) is 6.58. The summed E-state index contributed by atoms with van der Waals surface area (Å²) in [6, 6.07) is 6.45. The molecule has 1 aromatic carbocycles. The zero-order valence-corrected chi connectivity index (χ0v) is 10.5. The van der Waals surface area contributed by atoms with Crippen molar-refractivity contribution in [2.45, 2.75) is 43.9 Å². The van der Waals surface area contributed by atoms with E-state index >= 15 is 0 Å². The quantitative estimate of drug-likeness (QED) is 0.811. The van der Waals surface area contributed by atoms with Gasteiger partial charge in [0.05, 0.1) is 5.38 Å². The molecule has 1 unspecified atom stereocenters. The second kappa shape index (κ2) is 5.54. The van der Waals surface area contributed by atoms with Gasteiger partial charge in [0.15, 0.2) is 0 Å². The molecule has 0 amide bonds. The second-order valence-corrected chi connectivity index (χ2v) is 5.16. The first kappa shape index (κ1) is 12.4. The Hall–Kier alpha value is -1.02. The number of rotatable bonds is 5. The van der Waals surface area contributed by atoms with E-state index in [0.717, 1.165) is 18.4 Å². The van der Waals surface area contributed by atoms with Crippen LogP contribution >= 0.6 is 11.6 Å². The van der Waals surface area contributed by atoms with E-state index in [9.17, 15) is 4.79 Å². The van der Waals surface area contributed by atoms with Crippen LogP contribution in [0, 0.1) is 0 Å². The number of aryl methyl sites for hydroxylation is 2. The van der Waals surface area contributed by atoms with Crippen LogP contribution in [0.4, 0.5) is 0 Å². The van der Waals surface area contributed by atoms with Crippen LogP contribution in [-0.2, 0) is 17.6 Å². The highest BCUT2D eigenvalue weighted by molar-refractivity contribution is 6.20. The fraction of sp³-hybridized carbons (Fsp3) is 0.500. The summed E-state index contributed by atoms with van der Waals surface area (Å²) in [4.78, 5) is 10.4. The molecule has 0 aliphatic heterocycles. The Kier molecular flexibility index (Phi) is 4.06. The highest BCUT2D eigenvalue weighted by Gasteiger charge is 2.14. The molecule has 1 aliphatic carbocycles. The molecule has 0 bridgehead atoms. The maximum Gasteiger partial charge on any atom is 0.303 e. The third-order valence-corrected chi connectivity index (χ3v) is 3.80. The summed E-state index contributed by atoms with van der Waals surface area (Å²) in [6.07, 6.45) is 5.15. The van der Waals surface area contributed by atoms with Crippen molar-refractivity contribution in [1.29, 1.82) is 0 Å². The number of hydrogen-bond donors (Lipinski definition) is 1. The first-order chi connectivity index (χ1) is 8.16. The second-order valence-electron chi connectivity index (χ2n) is 4.64. The van der Waals surface area contributed by atoms with Crippen LogP contribution < -0.4 is 0 Å². The normalized spacial score (nSPS) is 15.6. The molecule has 92 valence electrons. The van der Waals surface area contributed by atoms with Gasteiger partial charge < -0.3 is 5.11 Å². The molecule has 0 saturated heterocycles. The zero-order valence-electron chi connectivity index (χ0n) is 9.79. The largest absolute Gasteiger partial charge is 0.481 e. The molecular weight excluding hydrogens is 236 g/mol. The van der Waals surface area contributed by atoms with E-state index in [1.165, 1.54) is 24.0 Å². The smallest absolute Gasteiger partial charge is 0.303 e. The van der Waals surface area contributed by atoms with Crippen molar-refractivity contribution in [2.24, 2.45) is 0 Å². The van der Waals surface area contributed by atoms with E-state index in [4.69, 9.17) is 16.7 Å². The van der Waals surface area contributed by atoms with Crippen LogP contribution in [0.2, 0.25) is 0 Å². The van der Waals surface area contributed by atoms with Crippen molar-refractivity contribution in [1.82, 2.24) is 0 Å². The van der Waals surface area contributed by atoms with Crippen molar-refractivity contribution < 1.29 is 9.90 Å². The summed E-state index contributed by atoms with van der Waals surface area (Å²) in [5.41, 5.74) is 4.01. The van der Waals surface area contributed by atoms with Gasteiger partial charge in [-0.2, -0.15) is 0 Å². The number of carbonyl (C=O) groups is 1. The molecule has 0 saturated carbocycles. The van der Waals surface area contributed by atoms with Gasteiger partial charge in [-0.05, 0) is 48.8 Å². The minimum absolute atomic E-state index is 0.0553. The maximum absolute atomic E-state index is 10.4. The fourth-order valence-electron chi connectivity index (χ4n) is 2.39. The Labute approximate surface area is 107 Å². The lowest BCUT2D eigenvalue weighted by Crippen LogP contribution is -1.97. The van der Waals surface area contributed by atoms with Crippen molar-refractivity contribution >= 4 is 17.6 Å². The van der Waals surface area contributed by atoms with Crippen molar-refractivity contribution in [3.05, 3.63) is 34.9 Å². The Morgan fingerprint density at radius 3 is 2.88 bits per heavy atom. The molecule has 0 heterocycles. The number of alkyl halides is 1. The molecule has 0 radical (unpaired) electrons. The lowest BCUT2D eigenvalue weighted by atomic mass is 10.0. The molecule has 2 rings (SSSR count). The standard InChI is InChI=1S/C14H17ClO2/c15-13(5-2-6-14(16)17)12-8-7-10-3-1-4-11(10)9-12/h7-9,13H,1-6H2,(H,16,17). The molecule has 1 atom stereocenters. The molecule has 0 aromatic heterocycles. The summed E-state index contributed by atoms with van der Waals surface area (Å²) in [5, 5.41) is 8.53. The summed E-state index contributed by atoms with van der Waals surface area (Å²) in [6.45, 7) is 0. The van der Waals surface area contributed by atoms with Crippen LogP contribution in [0.15, 0.2) is 18.2 Å². The molecule has 1 aliphatic rings. The number of hydrogen-bond acceptors (Lipinski definition) is 1. The fourth-order valence-corrected chi connectivity index (χ4v) is 2.68. The Bertz CT molecular complexity index is 415. The molecule has 2 nitrogen and oxygen atoms in total. The van der Waals surface area contributed by atoms with Crippen LogP contribution in [0.1, 0.15) is 47.8 Å². The minimum atomic E-state index is -0.747. The van der Waals surface area contributed by atoms with Crippen molar-refractivity contribution in [3.63, 3.8) is 0 Å². The Balaban J connectivity index is 1.95. The van der Waals surface area contributed by atoms with E-state index in [1.807, 2.05) is 0 Å². The SMILES string of the molecule is O=C(O)CCCC(Cl)c1ccc2c(c1)CCC2. The van der Waals surface area contributed by atoms with E-state index in [-0.39, 0.29) is 11.8 Å². The van der Waals surface area contributed by atoms with Crippen molar-refractivity contribution in [2.75, 3.05) is 0 Å². The number of aliphatic carboxylic acids is 1. The Morgan fingerprint density at radius 2 is 2.12 bits per heavy atom. The monoisotopic (exact) mass is 252 g/mol. The molecule has 1 aromatic rings. The van der Waals surface area contributed by atoms with Gasteiger partial charge in [-0.1, -0.05) is 18.2 Å². The average molecular weight is 253 g/mol. The highest BCUT2D eigenvalue weighted by Crippen LogP contribution is 2.30. The number of carboxylic acid groups (broad SMARTS) is 1. The van der Waals surface area contributed by atoms with Crippen LogP contribution in [-0.4, -0.2) is 11.1 Å². The van der Waals surface area contributed by atoms with Gasteiger partial charge in [-0.3, -0.25) is 4.79 Å². The number of fused-ring (bicyclic) bond motifs is 1. The number of benzene rings is 1. The molecule has 3 heteroatoms. The van der Waals surface area contributed by atoms with E-state index in [1.54, 1.807) is 0 Å². The van der Waals surface area contributed by atoms with Gasteiger partial charge in [0.2, 0.25) is 0 Å². The summed E-state index contributed by atoms with van der Waals surface area (Å²) < 4.78 is 0. The molecule has 0 fully saturated rings. The molecule has 1 N–H and O–H groups in total. The van der Waals surface area contributed by atoms with Crippen molar-refractivity contribution in [3.8, 4) is 0 Å². The van der Waals surface area contributed by atoms with Crippen LogP contribution in [0.25, 0.3) is 0 Å². The highest BCUT2D eigenvalue weighted by atomic mass is 35.5. The van der Waals surface area contributed by atoms with Gasteiger partial charge in [0.25, 0.3) is 0 Å².